The summed E-state index contributed by atoms with van der Waals surface area (Å²) in [5.41, 5.74) is 1.49. The van der Waals surface area contributed by atoms with Crippen LogP contribution in [0.25, 0.3) is 5.52 Å². The second kappa shape index (κ2) is 7.24. The summed E-state index contributed by atoms with van der Waals surface area (Å²) in [6, 6.07) is 6.33. The standard InChI is InChI=1S/C21H28N4O2/c26-21(22-17-14-15-4-5-16(17)13-15)20-18-3-1-2-7-25(18)19(23-20)6-8-24-9-11-27-12-10-24/h1-3,7,15-17H,4-6,8-14H2,(H,22,26). The molecule has 3 unspecified atom stereocenters. The maximum Gasteiger partial charge on any atom is 0.272 e. The Bertz CT molecular complexity index is 827. The van der Waals surface area contributed by atoms with E-state index >= 15 is 0 Å². The Balaban J connectivity index is 1.33. The molecular formula is C21H28N4O2. The zero-order chi connectivity index (χ0) is 18.2. The quantitative estimate of drug-likeness (QED) is 0.878. The van der Waals surface area contributed by atoms with Gasteiger partial charge in [0.05, 0.1) is 18.7 Å². The summed E-state index contributed by atoms with van der Waals surface area (Å²) < 4.78 is 7.51. The predicted molar refractivity (Wildman–Crippen MR) is 103 cm³/mol. The lowest BCUT2D eigenvalue weighted by Crippen LogP contribution is -2.38. The zero-order valence-corrected chi connectivity index (χ0v) is 15.8. The number of ether oxygens (including phenoxy) is 1. The summed E-state index contributed by atoms with van der Waals surface area (Å²) in [6.07, 6.45) is 7.91. The van der Waals surface area contributed by atoms with Crippen molar-refractivity contribution in [3.63, 3.8) is 0 Å². The van der Waals surface area contributed by atoms with Gasteiger partial charge in [0, 0.05) is 38.3 Å². The van der Waals surface area contributed by atoms with Crippen molar-refractivity contribution in [2.24, 2.45) is 11.8 Å². The molecule has 27 heavy (non-hydrogen) atoms. The average Bonchev–Trinajstić information content (AvgIpc) is 3.41. The number of pyridine rings is 1. The van der Waals surface area contributed by atoms with E-state index in [0.29, 0.717) is 17.7 Å². The van der Waals surface area contributed by atoms with Crippen molar-refractivity contribution in [3.8, 4) is 0 Å². The molecule has 3 aliphatic rings. The number of rotatable bonds is 5. The van der Waals surface area contributed by atoms with Gasteiger partial charge >= 0.3 is 0 Å². The van der Waals surface area contributed by atoms with Crippen molar-refractivity contribution < 1.29 is 9.53 Å². The molecule has 1 amide bonds. The van der Waals surface area contributed by atoms with E-state index in [1.54, 1.807) is 0 Å². The molecule has 0 radical (unpaired) electrons. The molecule has 6 nitrogen and oxygen atoms in total. The topological polar surface area (TPSA) is 58.9 Å². The van der Waals surface area contributed by atoms with Crippen LogP contribution in [0.5, 0.6) is 0 Å². The third kappa shape index (κ3) is 3.36. The van der Waals surface area contributed by atoms with Gasteiger partial charge in [-0.1, -0.05) is 12.5 Å². The molecule has 3 atom stereocenters. The molecule has 0 aromatic carbocycles. The van der Waals surface area contributed by atoms with Gasteiger partial charge in [-0.25, -0.2) is 4.98 Å². The summed E-state index contributed by atoms with van der Waals surface area (Å²) in [4.78, 5) is 20.2. The van der Waals surface area contributed by atoms with E-state index in [2.05, 4.69) is 14.6 Å². The van der Waals surface area contributed by atoms with E-state index in [4.69, 9.17) is 9.72 Å². The lowest BCUT2D eigenvalue weighted by molar-refractivity contribution is 0.0382. The van der Waals surface area contributed by atoms with Gasteiger partial charge in [0.25, 0.3) is 5.91 Å². The highest BCUT2D eigenvalue weighted by Crippen LogP contribution is 2.44. The molecular weight excluding hydrogens is 340 g/mol. The van der Waals surface area contributed by atoms with E-state index in [0.717, 1.165) is 62.9 Å². The largest absolute Gasteiger partial charge is 0.379 e. The Hall–Kier alpha value is -1.92. The number of carbonyl (C=O) groups is 1. The monoisotopic (exact) mass is 368 g/mol. The van der Waals surface area contributed by atoms with Crippen molar-refractivity contribution in [3.05, 3.63) is 35.9 Å². The van der Waals surface area contributed by atoms with E-state index in [9.17, 15) is 4.79 Å². The first kappa shape index (κ1) is 17.2. The van der Waals surface area contributed by atoms with Crippen LogP contribution in [0, 0.1) is 11.8 Å². The van der Waals surface area contributed by atoms with Gasteiger partial charge in [0.15, 0.2) is 5.69 Å². The van der Waals surface area contributed by atoms with Crippen LogP contribution in [-0.4, -0.2) is 59.1 Å². The molecule has 3 heterocycles. The summed E-state index contributed by atoms with van der Waals surface area (Å²) in [5, 5.41) is 3.30. The number of amides is 1. The molecule has 6 heteroatoms. The lowest BCUT2D eigenvalue weighted by atomic mass is 9.95. The number of morpholine rings is 1. The second-order valence-corrected chi connectivity index (χ2v) is 8.29. The number of hydrogen-bond donors (Lipinski definition) is 1. The normalized spacial score (nSPS) is 28.1. The minimum absolute atomic E-state index is 0.00567. The molecule has 2 bridgehead atoms. The fraction of sp³-hybridized carbons (Fsp3) is 0.619. The molecule has 2 aliphatic carbocycles. The predicted octanol–water partition coefficient (Wildman–Crippen LogP) is 2.13. The number of hydrogen-bond acceptors (Lipinski definition) is 4. The summed E-state index contributed by atoms with van der Waals surface area (Å²) in [5.74, 6) is 2.46. The van der Waals surface area contributed by atoms with Gasteiger partial charge in [-0.05, 0) is 43.2 Å². The minimum Gasteiger partial charge on any atom is -0.379 e. The number of aromatic nitrogens is 2. The van der Waals surface area contributed by atoms with Crippen molar-refractivity contribution in [2.75, 3.05) is 32.8 Å². The maximum absolute atomic E-state index is 13.0. The van der Waals surface area contributed by atoms with Gasteiger partial charge in [0.2, 0.25) is 0 Å². The highest BCUT2D eigenvalue weighted by molar-refractivity contribution is 5.99. The smallest absolute Gasteiger partial charge is 0.272 e. The van der Waals surface area contributed by atoms with Crippen LogP contribution in [0.1, 0.15) is 42.0 Å². The Kier molecular flexibility index (Phi) is 4.61. The van der Waals surface area contributed by atoms with Crippen molar-refractivity contribution in [2.45, 2.75) is 38.1 Å². The van der Waals surface area contributed by atoms with Crippen LogP contribution in [-0.2, 0) is 11.2 Å². The SMILES string of the molecule is O=C(NC1CC2CCC1C2)c1nc(CCN2CCOCC2)n2ccccc12. The van der Waals surface area contributed by atoms with Crippen molar-refractivity contribution in [1.82, 2.24) is 19.6 Å². The highest BCUT2D eigenvalue weighted by atomic mass is 16.5. The lowest BCUT2D eigenvalue weighted by Gasteiger charge is -2.26. The van der Waals surface area contributed by atoms with Crippen LogP contribution >= 0.6 is 0 Å². The van der Waals surface area contributed by atoms with Crippen molar-refractivity contribution in [1.29, 1.82) is 0 Å². The van der Waals surface area contributed by atoms with Crippen LogP contribution in [0.4, 0.5) is 0 Å². The minimum atomic E-state index is -0.00567. The van der Waals surface area contributed by atoms with Gasteiger partial charge in [0.1, 0.15) is 5.82 Å². The number of nitrogens with one attached hydrogen (secondary N) is 1. The molecule has 0 spiro atoms. The number of nitrogens with zero attached hydrogens (tertiary/aromatic N) is 3. The Labute approximate surface area is 159 Å². The van der Waals surface area contributed by atoms with Crippen LogP contribution in [0.15, 0.2) is 24.4 Å². The Morgan fingerprint density at radius 1 is 1.22 bits per heavy atom. The molecule has 5 rings (SSSR count). The zero-order valence-electron chi connectivity index (χ0n) is 15.8. The third-order valence-corrected chi connectivity index (χ3v) is 6.65. The van der Waals surface area contributed by atoms with Gasteiger partial charge in [-0.3, -0.25) is 9.69 Å². The van der Waals surface area contributed by atoms with Crippen LogP contribution < -0.4 is 5.32 Å². The molecule has 2 saturated carbocycles. The number of carbonyl (C=O) groups excluding carboxylic acids is 1. The van der Waals surface area contributed by atoms with Crippen LogP contribution in [0.2, 0.25) is 0 Å². The van der Waals surface area contributed by atoms with Crippen LogP contribution in [0.3, 0.4) is 0 Å². The molecule has 2 aromatic heterocycles. The maximum atomic E-state index is 13.0. The summed E-state index contributed by atoms with van der Waals surface area (Å²) in [7, 11) is 0. The average molecular weight is 368 g/mol. The van der Waals surface area contributed by atoms with E-state index in [1.807, 2.05) is 24.4 Å². The molecule has 3 fully saturated rings. The summed E-state index contributed by atoms with van der Waals surface area (Å²) >= 11 is 0. The van der Waals surface area contributed by atoms with Gasteiger partial charge in [-0.2, -0.15) is 0 Å². The van der Waals surface area contributed by atoms with E-state index in [1.165, 1.54) is 19.3 Å². The van der Waals surface area contributed by atoms with E-state index in [-0.39, 0.29) is 5.91 Å². The first-order chi connectivity index (χ1) is 13.3. The Morgan fingerprint density at radius 3 is 2.89 bits per heavy atom. The van der Waals surface area contributed by atoms with Gasteiger partial charge < -0.3 is 14.5 Å². The van der Waals surface area contributed by atoms with Crippen molar-refractivity contribution >= 4 is 11.4 Å². The molecule has 1 aliphatic heterocycles. The third-order valence-electron chi connectivity index (χ3n) is 6.65. The first-order valence-electron chi connectivity index (χ1n) is 10.3. The van der Waals surface area contributed by atoms with Gasteiger partial charge in [-0.15, -0.1) is 0 Å². The molecule has 2 aromatic rings. The molecule has 144 valence electrons. The first-order valence-corrected chi connectivity index (χ1v) is 10.3. The van der Waals surface area contributed by atoms with E-state index < -0.39 is 0 Å². The molecule has 1 saturated heterocycles. The fourth-order valence-corrected chi connectivity index (χ4v) is 5.19. The fourth-order valence-electron chi connectivity index (χ4n) is 5.19. The Morgan fingerprint density at radius 2 is 2.11 bits per heavy atom. The number of fused-ring (bicyclic) bond motifs is 3. The summed E-state index contributed by atoms with van der Waals surface area (Å²) in [6.45, 7) is 4.51. The number of imidazole rings is 1. The second-order valence-electron chi connectivity index (χ2n) is 8.29. The highest BCUT2D eigenvalue weighted by Gasteiger charge is 2.40. The molecule has 1 N–H and O–H groups in total.